The Morgan fingerprint density at radius 1 is 1.54 bits per heavy atom. The number of benzene rings is 1. The Hall–Kier alpha value is -0.750. The van der Waals surface area contributed by atoms with Crippen LogP contribution in [0.3, 0.4) is 0 Å². The van der Waals surface area contributed by atoms with E-state index in [0.717, 1.165) is 0 Å². The maximum absolute atomic E-state index is 11.0. The minimum Gasteiger partial charge on any atom is -0.258 e. The van der Waals surface area contributed by atoms with Gasteiger partial charge in [0, 0.05) is 17.2 Å². The molecule has 4 nitrogen and oxygen atoms in total. The molecule has 0 bridgehead atoms. The van der Waals surface area contributed by atoms with Crippen LogP contribution < -0.4 is 0 Å². The third-order valence-electron chi connectivity index (χ3n) is 1.45. The van der Waals surface area contributed by atoms with Crippen molar-refractivity contribution >= 4 is 32.4 Å². The molecule has 0 aliphatic carbocycles. The van der Waals surface area contributed by atoms with Gasteiger partial charge in [0.15, 0.2) is 0 Å². The van der Waals surface area contributed by atoms with Crippen molar-refractivity contribution in [2.24, 2.45) is 0 Å². The van der Waals surface area contributed by atoms with Gasteiger partial charge in [-0.1, -0.05) is 0 Å². The Kier molecular flexibility index (Phi) is 3.16. The SMILES string of the molecule is CS(=O)c1ccc(Br)c([N+](=O)[O-])c1. The quantitative estimate of drug-likeness (QED) is 0.607. The van der Waals surface area contributed by atoms with Crippen LogP contribution in [0.2, 0.25) is 0 Å². The van der Waals surface area contributed by atoms with Crippen LogP contribution in [0.25, 0.3) is 0 Å². The minimum atomic E-state index is -1.19. The molecule has 0 saturated carbocycles. The lowest BCUT2D eigenvalue weighted by Gasteiger charge is -1.98. The fourth-order valence-electron chi connectivity index (χ4n) is 0.811. The average Bonchev–Trinajstić information content (AvgIpc) is 2.04. The first-order valence-corrected chi connectivity index (χ1v) is 5.65. The highest BCUT2D eigenvalue weighted by atomic mass is 79.9. The van der Waals surface area contributed by atoms with E-state index in [-0.39, 0.29) is 5.69 Å². The summed E-state index contributed by atoms with van der Waals surface area (Å²) < 4.78 is 11.4. The predicted molar refractivity (Wildman–Crippen MR) is 53.1 cm³/mol. The van der Waals surface area contributed by atoms with Gasteiger partial charge in [0.1, 0.15) is 0 Å². The normalized spacial score (nSPS) is 12.5. The predicted octanol–water partition coefficient (Wildman–Crippen LogP) is 2.09. The number of hydrogen-bond acceptors (Lipinski definition) is 3. The van der Waals surface area contributed by atoms with Crippen LogP contribution >= 0.6 is 15.9 Å². The van der Waals surface area contributed by atoms with Gasteiger partial charge in [-0.05, 0) is 28.1 Å². The number of nitrogens with zero attached hydrogens (tertiary/aromatic N) is 1. The third-order valence-corrected chi connectivity index (χ3v) is 3.03. The Morgan fingerprint density at radius 2 is 2.15 bits per heavy atom. The Bertz CT molecular complexity index is 380. The summed E-state index contributed by atoms with van der Waals surface area (Å²) in [5, 5.41) is 10.5. The molecule has 0 saturated heterocycles. The van der Waals surface area contributed by atoms with Crippen molar-refractivity contribution < 1.29 is 9.13 Å². The number of nitro groups is 1. The molecule has 0 spiro atoms. The Labute approximate surface area is 85.7 Å². The van der Waals surface area contributed by atoms with Gasteiger partial charge in [-0.15, -0.1) is 0 Å². The molecule has 6 heteroatoms. The number of nitro benzene ring substituents is 1. The van der Waals surface area contributed by atoms with E-state index in [9.17, 15) is 14.3 Å². The molecule has 1 aromatic rings. The van der Waals surface area contributed by atoms with Crippen LogP contribution in [0.5, 0.6) is 0 Å². The highest BCUT2D eigenvalue weighted by Gasteiger charge is 2.13. The van der Waals surface area contributed by atoms with E-state index in [1.165, 1.54) is 18.4 Å². The van der Waals surface area contributed by atoms with Crippen LogP contribution in [0, 0.1) is 10.1 Å². The van der Waals surface area contributed by atoms with Gasteiger partial charge in [0.25, 0.3) is 5.69 Å². The highest BCUT2D eigenvalue weighted by Crippen LogP contribution is 2.26. The average molecular weight is 264 g/mol. The zero-order valence-electron chi connectivity index (χ0n) is 6.69. The summed E-state index contributed by atoms with van der Waals surface area (Å²) in [5.41, 5.74) is -0.0623. The number of rotatable bonds is 2. The Balaban J connectivity index is 3.27. The lowest BCUT2D eigenvalue weighted by Crippen LogP contribution is -1.93. The molecular formula is C7H6BrNO3S. The molecule has 1 rings (SSSR count). The summed E-state index contributed by atoms with van der Waals surface area (Å²) in [6, 6.07) is 4.42. The molecule has 13 heavy (non-hydrogen) atoms. The summed E-state index contributed by atoms with van der Waals surface area (Å²) in [6.45, 7) is 0. The molecule has 0 fully saturated rings. The van der Waals surface area contributed by atoms with E-state index in [1.807, 2.05) is 0 Å². The summed E-state index contributed by atoms with van der Waals surface area (Å²) in [7, 11) is -1.19. The lowest BCUT2D eigenvalue weighted by atomic mass is 10.3. The molecule has 0 aromatic heterocycles. The van der Waals surface area contributed by atoms with E-state index < -0.39 is 15.7 Å². The van der Waals surface area contributed by atoms with Crippen molar-refractivity contribution in [2.45, 2.75) is 4.90 Å². The van der Waals surface area contributed by atoms with Gasteiger partial charge in [-0.25, -0.2) is 0 Å². The van der Waals surface area contributed by atoms with Gasteiger partial charge >= 0.3 is 0 Å². The van der Waals surface area contributed by atoms with Gasteiger partial charge in [0.2, 0.25) is 0 Å². The largest absolute Gasteiger partial charge is 0.284 e. The maximum atomic E-state index is 11.0. The van der Waals surface area contributed by atoms with E-state index in [1.54, 1.807) is 6.07 Å². The zero-order valence-corrected chi connectivity index (χ0v) is 9.09. The fourth-order valence-corrected chi connectivity index (χ4v) is 1.74. The lowest BCUT2D eigenvalue weighted by molar-refractivity contribution is -0.385. The molecule has 0 aliphatic rings. The zero-order chi connectivity index (χ0) is 10.0. The molecule has 1 unspecified atom stereocenters. The van der Waals surface area contributed by atoms with Crippen molar-refractivity contribution in [3.8, 4) is 0 Å². The van der Waals surface area contributed by atoms with Crippen LogP contribution in [0.1, 0.15) is 0 Å². The second kappa shape index (κ2) is 3.97. The summed E-state index contributed by atoms with van der Waals surface area (Å²) in [5.74, 6) is 0. The van der Waals surface area contributed by atoms with Crippen LogP contribution in [-0.4, -0.2) is 15.4 Å². The first-order valence-electron chi connectivity index (χ1n) is 3.29. The van der Waals surface area contributed by atoms with Crippen molar-refractivity contribution in [3.05, 3.63) is 32.8 Å². The van der Waals surface area contributed by atoms with E-state index in [4.69, 9.17) is 0 Å². The number of halogens is 1. The fraction of sp³-hybridized carbons (Fsp3) is 0.143. The van der Waals surface area contributed by atoms with Gasteiger partial charge in [-0.3, -0.25) is 14.3 Å². The molecular weight excluding hydrogens is 258 g/mol. The smallest absolute Gasteiger partial charge is 0.258 e. The van der Waals surface area contributed by atoms with Crippen LogP contribution in [0.15, 0.2) is 27.6 Å². The summed E-state index contributed by atoms with van der Waals surface area (Å²) in [6.07, 6.45) is 1.48. The monoisotopic (exact) mass is 263 g/mol. The van der Waals surface area contributed by atoms with Crippen molar-refractivity contribution in [2.75, 3.05) is 6.26 Å². The standard InChI is InChI=1S/C7H6BrNO3S/c1-13(12)5-2-3-6(8)7(4-5)9(10)11/h2-4H,1H3. The molecule has 0 N–H and O–H groups in total. The van der Waals surface area contributed by atoms with E-state index in [0.29, 0.717) is 9.37 Å². The number of hydrogen-bond donors (Lipinski definition) is 0. The summed E-state index contributed by atoms with van der Waals surface area (Å²) in [4.78, 5) is 10.4. The van der Waals surface area contributed by atoms with Gasteiger partial charge < -0.3 is 0 Å². The maximum Gasteiger partial charge on any atom is 0.284 e. The van der Waals surface area contributed by atoms with Gasteiger partial charge in [0.05, 0.1) is 20.2 Å². The molecule has 1 atom stereocenters. The van der Waals surface area contributed by atoms with Crippen molar-refractivity contribution in [1.29, 1.82) is 0 Å². The first kappa shape index (κ1) is 10.3. The van der Waals surface area contributed by atoms with Crippen molar-refractivity contribution in [1.82, 2.24) is 0 Å². The summed E-state index contributed by atoms with van der Waals surface area (Å²) >= 11 is 3.04. The van der Waals surface area contributed by atoms with Crippen LogP contribution in [0.4, 0.5) is 5.69 Å². The molecule has 0 amide bonds. The molecule has 0 radical (unpaired) electrons. The Morgan fingerprint density at radius 3 is 2.62 bits per heavy atom. The second-order valence-electron chi connectivity index (χ2n) is 2.32. The van der Waals surface area contributed by atoms with Crippen LogP contribution in [-0.2, 0) is 10.8 Å². The first-order chi connectivity index (χ1) is 6.02. The molecule has 0 aliphatic heterocycles. The van der Waals surface area contributed by atoms with Crippen molar-refractivity contribution in [3.63, 3.8) is 0 Å². The minimum absolute atomic E-state index is 0.0623. The highest BCUT2D eigenvalue weighted by molar-refractivity contribution is 9.10. The molecule has 1 aromatic carbocycles. The molecule has 70 valence electrons. The third kappa shape index (κ3) is 2.35. The second-order valence-corrected chi connectivity index (χ2v) is 4.56. The van der Waals surface area contributed by atoms with E-state index >= 15 is 0 Å². The topological polar surface area (TPSA) is 60.2 Å². The van der Waals surface area contributed by atoms with E-state index in [2.05, 4.69) is 15.9 Å². The van der Waals surface area contributed by atoms with Gasteiger partial charge in [-0.2, -0.15) is 0 Å². The molecule has 0 heterocycles.